The number of piperazine rings is 1. The number of nitrogens with one attached hydrogen (secondary N) is 3. The Bertz CT molecular complexity index is 3500. The molecule has 25 heteroatoms. The van der Waals surface area contributed by atoms with Crippen molar-refractivity contribution < 1.29 is 56.8 Å². The first-order valence-corrected chi connectivity index (χ1v) is 31.1. The van der Waals surface area contributed by atoms with Crippen LogP contribution in [0.1, 0.15) is 97.5 Å². The number of thiazole rings is 1. The lowest BCUT2D eigenvalue weighted by atomic mass is 9.83. The molecule has 88 heavy (non-hydrogen) atoms. The number of anilines is 2. The SMILES string of the molecule is C[C@@H](C(=O)N[C@H](C(=O)N1CCC[C@H]1c1nc(-c2ccc(OCCOCCOCCNC(=O)C(C)(C)Nc3nc(N4CCN(C(N)=O)CC4)c4cc(Cl)c(-c5c(O)cccc5F)c(F)c4n3)c3ccccc23)cs1)C1CCCCC1)N(C)C(=O)OC(C)(C)C. The number of rotatable bonds is 22. The van der Waals surface area contributed by atoms with Crippen LogP contribution >= 0.6 is 22.9 Å². The molecule has 3 fully saturated rings. The van der Waals surface area contributed by atoms with E-state index in [4.69, 9.17) is 46.3 Å². The molecule has 0 radical (unpaired) electrons. The topological polar surface area (TPSA) is 256 Å². The number of nitrogens with zero attached hydrogens (tertiary/aromatic N) is 7. The van der Waals surface area contributed by atoms with Crippen LogP contribution in [0.25, 0.3) is 44.1 Å². The Kier molecular flexibility index (Phi) is 20.8. The van der Waals surface area contributed by atoms with Crippen LogP contribution in [0.2, 0.25) is 5.02 Å². The van der Waals surface area contributed by atoms with Crippen LogP contribution in [0.15, 0.2) is 66.0 Å². The van der Waals surface area contributed by atoms with Gasteiger partial charge >= 0.3 is 12.1 Å². The smallest absolute Gasteiger partial charge is 0.410 e. The van der Waals surface area contributed by atoms with Crippen LogP contribution in [0.3, 0.4) is 0 Å². The van der Waals surface area contributed by atoms with E-state index in [1.54, 1.807) is 41.5 Å². The first kappa shape index (κ1) is 64.8. The van der Waals surface area contributed by atoms with E-state index in [1.807, 2.05) is 51.6 Å². The van der Waals surface area contributed by atoms with Crippen molar-refractivity contribution in [1.29, 1.82) is 0 Å². The van der Waals surface area contributed by atoms with Crippen molar-refractivity contribution in [2.24, 2.45) is 11.7 Å². The molecule has 1 saturated carbocycles. The van der Waals surface area contributed by atoms with Crippen LogP contribution < -0.4 is 31.3 Å². The van der Waals surface area contributed by atoms with Gasteiger partial charge < -0.3 is 60.4 Å². The number of urea groups is 1. The maximum Gasteiger partial charge on any atom is 0.410 e. The minimum absolute atomic E-state index is 0.0234. The number of nitrogens with two attached hydrogens (primary N) is 1. The van der Waals surface area contributed by atoms with Crippen LogP contribution in [0, 0.1) is 17.6 Å². The van der Waals surface area contributed by atoms with Crippen molar-refractivity contribution in [1.82, 2.24) is 40.3 Å². The molecule has 21 nitrogen and oxygen atoms in total. The maximum atomic E-state index is 16.7. The summed E-state index contributed by atoms with van der Waals surface area (Å²) in [6.07, 6.45) is 5.64. The molecule has 0 unspecified atom stereocenters. The van der Waals surface area contributed by atoms with Gasteiger partial charge in [0.15, 0.2) is 5.82 Å². The number of ether oxygens (including phenoxy) is 4. The van der Waals surface area contributed by atoms with E-state index in [2.05, 4.69) is 20.9 Å². The number of carbonyl (C=O) groups is 5. The number of likely N-dealkylation sites (tertiary alicyclic amines) is 1. The highest BCUT2D eigenvalue weighted by Crippen LogP contribution is 2.44. The number of amides is 6. The van der Waals surface area contributed by atoms with Crippen molar-refractivity contribution >= 4 is 86.2 Å². The highest BCUT2D eigenvalue weighted by molar-refractivity contribution is 7.10. The van der Waals surface area contributed by atoms with Gasteiger partial charge in [0.05, 0.1) is 48.7 Å². The monoisotopic (exact) mass is 1250 g/mol. The molecule has 0 bridgehead atoms. The summed E-state index contributed by atoms with van der Waals surface area (Å²) in [4.78, 5) is 87.6. The molecule has 6 amide bonds. The minimum atomic E-state index is -1.35. The predicted octanol–water partition coefficient (Wildman–Crippen LogP) is 9.81. The first-order valence-electron chi connectivity index (χ1n) is 29.9. The van der Waals surface area contributed by atoms with Gasteiger partial charge in [-0.15, -0.1) is 11.3 Å². The summed E-state index contributed by atoms with van der Waals surface area (Å²) in [5, 5.41) is 24.2. The quantitative estimate of drug-likeness (QED) is 0.0396. The summed E-state index contributed by atoms with van der Waals surface area (Å²) >= 11 is 8.13. The van der Waals surface area contributed by atoms with Gasteiger partial charge in [0.25, 0.3) is 0 Å². The zero-order chi connectivity index (χ0) is 63.0. The molecule has 9 rings (SSSR count). The van der Waals surface area contributed by atoms with E-state index < -0.39 is 75.7 Å². The summed E-state index contributed by atoms with van der Waals surface area (Å²) in [5.74, 6) is -2.62. The molecule has 2 aliphatic heterocycles. The Morgan fingerprint density at radius 3 is 2.24 bits per heavy atom. The molecule has 0 spiro atoms. The van der Waals surface area contributed by atoms with E-state index in [0.29, 0.717) is 12.3 Å². The second-order valence-electron chi connectivity index (χ2n) is 23.9. The van der Waals surface area contributed by atoms with Crippen LogP contribution in [0.5, 0.6) is 11.5 Å². The molecule has 3 aliphatic rings. The number of phenolic OH excluding ortho intramolecular Hbond substituents is 1. The van der Waals surface area contributed by atoms with E-state index in [9.17, 15) is 29.1 Å². The molecule has 2 aromatic heterocycles. The van der Waals surface area contributed by atoms with Gasteiger partial charge in [0.1, 0.15) is 63.5 Å². The number of likely N-dealkylation sites (N-methyl/N-ethyl adjacent to an activating group) is 1. The molecule has 6 aromatic rings. The summed E-state index contributed by atoms with van der Waals surface area (Å²) in [6, 6.07) is 14.4. The number of phenols is 1. The molecular formula is C63H78ClF2N11O10S. The number of aromatic hydroxyl groups is 1. The summed E-state index contributed by atoms with van der Waals surface area (Å²) < 4.78 is 55.1. The Balaban J connectivity index is 0.755. The van der Waals surface area contributed by atoms with Gasteiger partial charge in [0, 0.05) is 73.6 Å². The lowest BCUT2D eigenvalue weighted by Gasteiger charge is -2.36. The highest BCUT2D eigenvalue weighted by atomic mass is 35.5. The average Bonchev–Trinajstić information content (AvgIpc) is 1.81. The number of aromatic nitrogens is 3. The largest absolute Gasteiger partial charge is 0.507 e. The van der Waals surface area contributed by atoms with Crippen LogP contribution in [-0.4, -0.2) is 167 Å². The van der Waals surface area contributed by atoms with Gasteiger partial charge in [-0.2, -0.15) is 4.98 Å². The Morgan fingerprint density at radius 1 is 0.830 bits per heavy atom. The van der Waals surface area contributed by atoms with Gasteiger partial charge in [0.2, 0.25) is 23.7 Å². The number of hydrogen-bond acceptors (Lipinski definition) is 16. The Hall–Kier alpha value is -7.67. The zero-order valence-electron chi connectivity index (χ0n) is 50.8. The van der Waals surface area contributed by atoms with Gasteiger partial charge in [-0.3, -0.25) is 19.3 Å². The second kappa shape index (κ2) is 28.2. The fraction of sp³-hybridized carbons (Fsp3) is 0.492. The molecule has 4 aromatic carbocycles. The molecule has 472 valence electrons. The molecule has 1 aliphatic carbocycles. The second-order valence-corrected chi connectivity index (χ2v) is 25.2. The van der Waals surface area contributed by atoms with Crippen molar-refractivity contribution in [3.05, 3.63) is 87.7 Å². The van der Waals surface area contributed by atoms with Crippen molar-refractivity contribution in [3.63, 3.8) is 0 Å². The molecular weight excluding hydrogens is 1180 g/mol. The standard InChI is InChI=1S/C63H78ClF2N11O10S/c1-37(74(7)61(83)87-62(2,3)4)55(79)70-52(38-15-9-8-10-16-38)57(80)77-25-14-20-46(77)56-69-45(36-88-56)40-22-23-48(41-18-12-11-17-39(40)41)86-34-33-85-32-31-84-30-24-68-58(81)63(5,6)73-60-71-53-42(54(72-60)75-26-28-76(29-27-75)59(67)82)35-43(64)49(51(53)66)50-44(65)19-13-21-47(50)78/h11-13,17-19,21-23,35-38,46,52,78H,8-10,14-16,20,24-34H2,1-7H3,(H2,67,82)(H,68,81)(H,70,79)(H,71,72,73)/t37-,46-,52-/m0/s1. The van der Waals surface area contributed by atoms with Crippen molar-refractivity contribution in [2.75, 3.05) is 89.6 Å². The predicted molar refractivity (Wildman–Crippen MR) is 333 cm³/mol. The van der Waals surface area contributed by atoms with E-state index in [-0.39, 0.29) is 111 Å². The average molecular weight is 1250 g/mol. The number of halogens is 3. The van der Waals surface area contributed by atoms with E-state index >= 15 is 8.78 Å². The third kappa shape index (κ3) is 15.1. The third-order valence-corrected chi connectivity index (χ3v) is 17.5. The van der Waals surface area contributed by atoms with Crippen molar-refractivity contribution in [3.8, 4) is 33.9 Å². The molecule has 6 N–H and O–H groups in total. The molecule has 2 saturated heterocycles. The zero-order valence-corrected chi connectivity index (χ0v) is 52.3. The van der Waals surface area contributed by atoms with Gasteiger partial charge in [-0.05, 0) is 109 Å². The number of fused-ring (bicyclic) bond motifs is 2. The van der Waals surface area contributed by atoms with Crippen LogP contribution in [-0.2, 0) is 28.6 Å². The summed E-state index contributed by atoms with van der Waals surface area (Å²) in [7, 11) is 1.53. The Labute approximate surface area is 519 Å². The van der Waals surface area contributed by atoms with Gasteiger partial charge in [-0.25, -0.2) is 28.3 Å². The minimum Gasteiger partial charge on any atom is -0.507 e. The highest BCUT2D eigenvalue weighted by Gasteiger charge is 2.41. The first-order chi connectivity index (χ1) is 42.0. The molecule has 4 heterocycles. The summed E-state index contributed by atoms with van der Waals surface area (Å²) in [5.41, 5.74) is 4.07. The maximum absolute atomic E-state index is 16.7. The van der Waals surface area contributed by atoms with E-state index in [1.165, 1.54) is 46.4 Å². The number of benzene rings is 4. The summed E-state index contributed by atoms with van der Waals surface area (Å²) in [6.45, 7) is 13.1. The fourth-order valence-corrected chi connectivity index (χ4v) is 12.6. The van der Waals surface area contributed by atoms with Gasteiger partial charge in [-0.1, -0.05) is 61.2 Å². The number of carbonyl (C=O) groups excluding carboxylic acids is 5. The number of hydrogen-bond donors (Lipinski definition) is 5. The van der Waals surface area contributed by atoms with Crippen molar-refractivity contribution in [2.45, 2.75) is 116 Å². The Morgan fingerprint density at radius 2 is 1.53 bits per heavy atom. The van der Waals surface area contributed by atoms with E-state index in [0.717, 1.165) is 78.0 Å². The molecule has 3 atom stereocenters. The third-order valence-electron chi connectivity index (χ3n) is 16.2. The lowest BCUT2D eigenvalue weighted by Crippen LogP contribution is -2.56. The van der Waals surface area contributed by atoms with Crippen LogP contribution in [0.4, 0.5) is 30.1 Å². The lowest BCUT2D eigenvalue weighted by molar-refractivity contribution is -0.140. The number of primary amides is 1. The fourth-order valence-electron chi connectivity index (χ4n) is 11.4. The normalized spacial score (nSPS) is 16.6.